The van der Waals surface area contributed by atoms with Gasteiger partial charge in [0.05, 0.1) is 11.5 Å². The Hall–Kier alpha value is -1.89. The van der Waals surface area contributed by atoms with E-state index < -0.39 is 11.2 Å². The number of phenols is 1. The lowest BCUT2D eigenvalue weighted by Crippen LogP contribution is -2.40. The van der Waals surface area contributed by atoms with E-state index in [4.69, 9.17) is 5.26 Å². The van der Waals surface area contributed by atoms with Crippen LogP contribution in [0.4, 0.5) is 4.39 Å². The second kappa shape index (κ2) is 3.06. The molecule has 1 fully saturated rings. The van der Waals surface area contributed by atoms with Crippen molar-refractivity contribution in [2.24, 2.45) is 0 Å². The molecular weight excluding hydrogens is 197 g/mol. The summed E-state index contributed by atoms with van der Waals surface area (Å²) in [6, 6.07) is 5.41. The lowest BCUT2D eigenvalue weighted by molar-refractivity contribution is -0.126. The van der Waals surface area contributed by atoms with E-state index in [1.807, 2.05) is 6.07 Å². The van der Waals surface area contributed by atoms with Gasteiger partial charge in [0.15, 0.2) is 0 Å². The van der Waals surface area contributed by atoms with Crippen LogP contribution in [0.1, 0.15) is 18.4 Å². The van der Waals surface area contributed by atoms with Crippen LogP contribution >= 0.6 is 0 Å². The molecule has 0 heterocycles. The van der Waals surface area contributed by atoms with E-state index in [-0.39, 0.29) is 29.9 Å². The average Bonchev–Trinajstić information content (AvgIpc) is 2.17. The third-order valence-electron chi connectivity index (χ3n) is 2.69. The standard InChI is InChI=1S/C11H8FNO2/c12-7-1-2-10(15)9(3-7)11(6-13)4-8(14)5-11/h1-3,15H,4-5H2. The van der Waals surface area contributed by atoms with E-state index in [9.17, 15) is 14.3 Å². The zero-order chi connectivity index (χ0) is 11.1. The molecule has 0 aromatic heterocycles. The van der Waals surface area contributed by atoms with Crippen LogP contribution in [0.3, 0.4) is 0 Å². The van der Waals surface area contributed by atoms with Crippen LogP contribution in [0.25, 0.3) is 0 Å². The number of benzene rings is 1. The minimum atomic E-state index is -1.02. The van der Waals surface area contributed by atoms with E-state index >= 15 is 0 Å². The number of hydrogen-bond acceptors (Lipinski definition) is 3. The summed E-state index contributed by atoms with van der Waals surface area (Å²) >= 11 is 0. The van der Waals surface area contributed by atoms with Gasteiger partial charge in [-0.15, -0.1) is 0 Å². The number of halogens is 1. The molecule has 76 valence electrons. The van der Waals surface area contributed by atoms with Gasteiger partial charge in [-0.1, -0.05) is 0 Å². The Balaban J connectivity index is 2.49. The maximum absolute atomic E-state index is 13.0. The first-order chi connectivity index (χ1) is 7.07. The third kappa shape index (κ3) is 1.37. The summed E-state index contributed by atoms with van der Waals surface area (Å²) < 4.78 is 13.0. The summed E-state index contributed by atoms with van der Waals surface area (Å²) in [6.07, 6.45) is 0.112. The van der Waals surface area contributed by atoms with Crippen LogP contribution < -0.4 is 0 Å². The fourth-order valence-corrected chi connectivity index (χ4v) is 1.84. The van der Waals surface area contributed by atoms with Gasteiger partial charge in [0.25, 0.3) is 0 Å². The topological polar surface area (TPSA) is 61.1 Å². The Morgan fingerprint density at radius 2 is 2.13 bits per heavy atom. The van der Waals surface area contributed by atoms with Crippen LogP contribution in [-0.2, 0) is 10.2 Å². The van der Waals surface area contributed by atoms with E-state index in [1.54, 1.807) is 0 Å². The Morgan fingerprint density at radius 1 is 1.47 bits per heavy atom. The quantitative estimate of drug-likeness (QED) is 0.758. The first kappa shape index (κ1) is 9.66. The lowest BCUT2D eigenvalue weighted by Gasteiger charge is -2.34. The molecule has 0 amide bonds. The second-order valence-electron chi connectivity index (χ2n) is 3.75. The highest BCUT2D eigenvalue weighted by Crippen LogP contribution is 2.44. The fraction of sp³-hybridized carbons (Fsp3) is 0.273. The zero-order valence-electron chi connectivity index (χ0n) is 7.83. The Kier molecular flexibility index (Phi) is 1.97. The van der Waals surface area contributed by atoms with Crippen molar-refractivity contribution in [3.63, 3.8) is 0 Å². The molecule has 0 radical (unpaired) electrons. The van der Waals surface area contributed by atoms with Crippen molar-refractivity contribution >= 4 is 5.78 Å². The van der Waals surface area contributed by atoms with Crippen molar-refractivity contribution in [2.75, 3.05) is 0 Å². The molecule has 1 aliphatic carbocycles. The number of nitriles is 1. The van der Waals surface area contributed by atoms with Crippen molar-refractivity contribution in [3.8, 4) is 11.8 Å². The lowest BCUT2D eigenvalue weighted by atomic mass is 9.64. The first-order valence-electron chi connectivity index (χ1n) is 4.49. The van der Waals surface area contributed by atoms with Gasteiger partial charge >= 0.3 is 0 Å². The van der Waals surface area contributed by atoms with Crippen LogP contribution in [0.15, 0.2) is 18.2 Å². The number of carbonyl (C=O) groups excluding carboxylic acids is 1. The number of ketones is 1. The van der Waals surface area contributed by atoms with Crippen molar-refractivity contribution in [2.45, 2.75) is 18.3 Å². The smallest absolute Gasteiger partial charge is 0.136 e. The second-order valence-corrected chi connectivity index (χ2v) is 3.75. The predicted molar refractivity (Wildman–Crippen MR) is 49.6 cm³/mol. The highest BCUT2D eigenvalue weighted by Gasteiger charge is 2.47. The number of aromatic hydroxyl groups is 1. The van der Waals surface area contributed by atoms with Gasteiger partial charge in [0.2, 0.25) is 0 Å². The molecule has 1 aromatic rings. The number of phenolic OH excluding ortho intramolecular Hbond substituents is 1. The Morgan fingerprint density at radius 3 is 2.67 bits per heavy atom. The van der Waals surface area contributed by atoms with E-state index in [0.29, 0.717) is 0 Å². The molecule has 0 spiro atoms. The van der Waals surface area contributed by atoms with Crippen LogP contribution in [-0.4, -0.2) is 10.9 Å². The van der Waals surface area contributed by atoms with Gasteiger partial charge in [-0.25, -0.2) is 4.39 Å². The highest BCUT2D eigenvalue weighted by atomic mass is 19.1. The molecule has 2 rings (SSSR count). The van der Waals surface area contributed by atoms with Gasteiger partial charge < -0.3 is 5.11 Å². The first-order valence-corrected chi connectivity index (χ1v) is 4.49. The van der Waals surface area contributed by atoms with Crippen molar-refractivity contribution in [3.05, 3.63) is 29.6 Å². The molecule has 0 atom stereocenters. The number of rotatable bonds is 1. The predicted octanol–water partition coefficient (Wildman–Crippen LogP) is 1.66. The molecule has 0 saturated heterocycles. The maximum Gasteiger partial charge on any atom is 0.136 e. The van der Waals surface area contributed by atoms with Crippen molar-refractivity contribution in [1.82, 2.24) is 0 Å². The number of hydrogen-bond donors (Lipinski definition) is 1. The maximum atomic E-state index is 13.0. The van der Waals surface area contributed by atoms with Crippen LogP contribution in [0, 0.1) is 17.1 Å². The van der Waals surface area contributed by atoms with Gasteiger partial charge in [-0.05, 0) is 18.2 Å². The number of carbonyl (C=O) groups is 1. The molecule has 4 heteroatoms. The molecule has 1 aliphatic rings. The van der Waals surface area contributed by atoms with Gasteiger partial charge in [-0.2, -0.15) is 5.26 Å². The molecule has 1 saturated carbocycles. The highest BCUT2D eigenvalue weighted by molar-refractivity contribution is 5.90. The van der Waals surface area contributed by atoms with Crippen LogP contribution in [0.5, 0.6) is 5.75 Å². The normalized spacial score (nSPS) is 18.0. The summed E-state index contributed by atoms with van der Waals surface area (Å²) in [5, 5.41) is 18.5. The molecule has 1 aromatic carbocycles. The summed E-state index contributed by atoms with van der Waals surface area (Å²) in [6.45, 7) is 0. The van der Waals surface area contributed by atoms with Crippen LogP contribution in [0.2, 0.25) is 0 Å². The minimum absolute atomic E-state index is 0.0415. The zero-order valence-corrected chi connectivity index (χ0v) is 7.83. The summed E-state index contributed by atoms with van der Waals surface area (Å²) in [5.41, 5.74) is -0.812. The number of nitrogens with zero attached hydrogens (tertiary/aromatic N) is 1. The van der Waals surface area contributed by atoms with Gasteiger partial charge in [0, 0.05) is 18.4 Å². The Bertz CT molecular complexity index is 468. The molecule has 0 bridgehead atoms. The van der Waals surface area contributed by atoms with E-state index in [2.05, 4.69) is 0 Å². The third-order valence-corrected chi connectivity index (χ3v) is 2.69. The van der Waals surface area contributed by atoms with E-state index in [0.717, 1.165) is 12.1 Å². The number of Topliss-reactive ketones (excluding diaryl/α,β-unsaturated/α-hetero) is 1. The molecule has 3 nitrogen and oxygen atoms in total. The summed E-state index contributed by atoms with van der Waals surface area (Å²) in [4.78, 5) is 10.9. The van der Waals surface area contributed by atoms with Gasteiger partial charge in [0.1, 0.15) is 17.3 Å². The van der Waals surface area contributed by atoms with E-state index in [1.165, 1.54) is 6.07 Å². The van der Waals surface area contributed by atoms with Crippen molar-refractivity contribution in [1.29, 1.82) is 5.26 Å². The van der Waals surface area contributed by atoms with Crippen molar-refractivity contribution < 1.29 is 14.3 Å². The monoisotopic (exact) mass is 205 g/mol. The SMILES string of the molecule is N#CC1(c2cc(F)ccc2O)CC(=O)C1. The Labute approximate surface area is 85.8 Å². The largest absolute Gasteiger partial charge is 0.508 e. The molecular formula is C11H8FNO2. The summed E-state index contributed by atoms with van der Waals surface area (Å²) in [5.74, 6) is -0.692. The minimum Gasteiger partial charge on any atom is -0.508 e. The molecule has 0 unspecified atom stereocenters. The summed E-state index contributed by atoms with van der Waals surface area (Å²) in [7, 11) is 0. The average molecular weight is 205 g/mol. The molecule has 0 aliphatic heterocycles. The molecule has 15 heavy (non-hydrogen) atoms. The fourth-order valence-electron chi connectivity index (χ4n) is 1.84. The molecule has 1 N–H and O–H groups in total. The van der Waals surface area contributed by atoms with Gasteiger partial charge in [-0.3, -0.25) is 4.79 Å².